The van der Waals surface area contributed by atoms with E-state index < -0.39 is 5.97 Å². The molecule has 0 aliphatic carbocycles. The van der Waals surface area contributed by atoms with E-state index in [0.29, 0.717) is 18.0 Å². The maximum Gasteiger partial charge on any atom is 0.335 e. The van der Waals surface area contributed by atoms with Crippen molar-refractivity contribution in [2.45, 2.75) is 12.3 Å². The Labute approximate surface area is 135 Å². The van der Waals surface area contributed by atoms with Gasteiger partial charge in [0.15, 0.2) is 11.5 Å². The van der Waals surface area contributed by atoms with Crippen LogP contribution in [0.3, 0.4) is 0 Å². The molecule has 122 valence electrons. The van der Waals surface area contributed by atoms with Gasteiger partial charge in [0.1, 0.15) is 0 Å². The molecule has 3 N–H and O–H groups in total. The number of carboxylic acids is 1. The summed E-state index contributed by atoms with van der Waals surface area (Å²) in [4.78, 5) is 10.9. The highest BCUT2D eigenvalue weighted by Crippen LogP contribution is 2.31. The zero-order valence-corrected chi connectivity index (χ0v) is 13.3. The van der Waals surface area contributed by atoms with Crippen LogP contribution in [0.4, 0.5) is 0 Å². The Balaban J connectivity index is 2.21. The summed E-state index contributed by atoms with van der Waals surface area (Å²) in [6, 6.07) is 12.6. The van der Waals surface area contributed by atoms with E-state index in [0.717, 1.165) is 17.5 Å². The van der Waals surface area contributed by atoms with Crippen LogP contribution in [0, 0.1) is 0 Å². The van der Waals surface area contributed by atoms with Crippen molar-refractivity contribution in [3.8, 4) is 11.5 Å². The lowest BCUT2D eigenvalue weighted by Crippen LogP contribution is -2.15. The first-order chi connectivity index (χ1) is 11.1. The van der Waals surface area contributed by atoms with Crippen LogP contribution in [0.2, 0.25) is 0 Å². The van der Waals surface area contributed by atoms with Crippen molar-refractivity contribution in [3.63, 3.8) is 0 Å². The fourth-order valence-electron chi connectivity index (χ4n) is 2.51. The van der Waals surface area contributed by atoms with Crippen LogP contribution < -0.4 is 15.2 Å². The van der Waals surface area contributed by atoms with Gasteiger partial charge in [0.2, 0.25) is 0 Å². The molecule has 5 heteroatoms. The Kier molecular flexibility index (Phi) is 5.60. The molecule has 0 aliphatic heterocycles. The number of nitrogens with two attached hydrogens (primary N) is 1. The van der Waals surface area contributed by atoms with Crippen molar-refractivity contribution < 1.29 is 19.4 Å². The quantitative estimate of drug-likeness (QED) is 0.821. The fourth-order valence-corrected chi connectivity index (χ4v) is 2.51. The first-order valence-electron chi connectivity index (χ1n) is 7.33. The second-order valence-corrected chi connectivity index (χ2v) is 5.25. The predicted molar refractivity (Wildman–Crippen MR) is 88.4 cm³/mol. The molecule has 0 saturated heterocycles. The molecule has 0 saturated carbocycles. The van der Waals surface area contributed by atoms with Crippen LogP contribution >= 0.6 is 0 Å². The molecule has 0 bridgehead atoms. The molecule has 0 spiro atoms. The third kappa shape index (κ3) is 4.02. The number of ether oxygens (including phenoxy) is 2. The van der Waals surface area contributed by atoms with Gasteiger partial charge in [-0.2, -0.15) is 0 Å². The molecule has 2 aromatic rings. The highest BCUT2D eigenvalue weighted by Gasteiger charge is 2.14. The van der Waals surface area contributed by atoms with E-state index in [-0.39, 0.29) is 11.5 Å². The minimum absolute atomic E-state index is 0.116. The second-order valence-electron chi connectivity index (χ2n) is 5.25. The van der Waals surface area contributed by atoms with Crippen molar-refractivity contribution in [3.05, 3.63) is 59.2 Å². The lowest BCUT2D eigenvalue weighted by atomic mass is 9.91. The minimum atomic E-state index is -0.924. The summed E-state index contributed by atoms with van der Waals surface area (Å²) in [7, 11) is 3.20. The monoisotopic (exact) mass is 315 g/mol. The normalized spacial score (nSPS) is 11.8. The highest BCUT2D eigenvalue weighted by molar-refractivity contribution is 5.87. The van der Waals surface area contributed by atoms with Gasteiger partial charge in [0, 0.05) is 5.92 Å². The third-order valence-electron chi connectivity index (χ3n) is 3.85. The number of carbonyl (C=O) groups is 1. The van der Waals surface area contributed by atoms with E-state index in [1.54, 1.807) is 26.4 Å². The second kappa shape index (κ2) is 7.65. The first kappa shape index (κ1) is 16.8. The number of hydrogen-bond acceptors (Lipinski definition) is 4. The van der Waals surface area contributed by atoms with Gasteiger partial charge in [-0.05, 0) is 48.4 Å². The van der Waals surface area contributed by atoms with Gasteiger partial charge in [0.05, 0.1) is 19.8 Å². The molecule has 23 heavy (non-hydrogen) atoms. The Morgan fingerprint density at radius 1 is 1.09 bits per heavy atom. The average Bonchev–Trinajstić information content (AvgIpc) is 2.59. The van der Waals surface area contributed by atoms with Gasteiger partial charge in [-0.15, -0.1) is 0 Å². The van der Waals surface area contributed by atoms with Crippen molar-refractivity contribution >= 4 is 5.97 Å². The van der Waals surface area contributed by atoms with Crippen molar-refractivity contribution in [2.75, 3.05) is 20.8 Å². The maximum absolute atomic E-state index is 10.9. The van der Waals surface area contributed by atoms with Gasteiger partial charge in [-0.1, -0.05) is 18.2 Å². The molecule has 0 aromatic heterocycles. The number of aromatic carboxylic acids is 1. The minimum Gasteiger partial charge on any atom is -0.493 e. The summed E-state index contributed by atoms with van der Waals surface area (Å²) in [5, 5.41) is 8.94. The van der Waals surface area contributed by atoms with Crippen LogP contribution in [-0.2, 0) is 6.42 Å². The number of benzene rings is 2. The number of carboxylic acid groups (broad SMARTS) is 1. The Morgan fingerprint density at radius 3 is 2.26 bits per heavy atom. The highest BCUT2D eigenvalue weighted by atomic mass is 16.5. The van der Waals surface area contributed by atoms with Crippen LogP contribution in [0.25, 0.3) is 0 Å². The van der Waals surface area contributed by atoms with Crippen LogP contribution in [0.15, 0.2) is 42.5 Å². The first-order valence-corrected chi connectivity index (χ1v) is 7.33. The molecule has 1 unspecified atom stereocenters. The Hall–Kier alpha value is -2.53. The van der Waals surface area contributed by atoms with Gasteiger partial charge in [-0.3, -0.25) is 0 Å². The molecule has 5 nitrogen and oxygen atoms in total. The lowest BCUT2D eigenvalue weighted by molar-refractivity contribution is 0.0697. The summed E-state index contributed by atoms with van der Waals surface area (Å²) < 4.78 is 10.6. The zero-order chi connectivity index (χ0) is 16.8. The molecule has 1 atom stereocenters. The molecular formula is C18H21NO4. The predicted octanol–water partition coefficient (Wildman–Crippen LogP) is 2.69. The van der Waals surface area contributed by atoms with Gasteiger partial charge in [0.25, 0.3) is 0 Å². The van der Waals surface area contributed by atoms with Crippen molar-refractivity contribution in [2.24, 2.45) is 5.73 Å². The van der Waals surface area contributed by atoms with Crippen LogP contribution in [0.1, 0.15) is 27.4 Å². The largest absolute Gasteiger partial charge is 0.493 e. The van der Waals surface area contributed by atoms with E-state index in [4.69, 9.17) is 20.3 Å². The summed E-state index contributed by atoms with van der Waals surface area (Å²) in [6.07, 6.45) is 0.728. The van der Waals surface area contributed by atoms with Gasteiger partial charge in [-0.25, -0.2) is 4.79 Å². The van der Waals surface area contributed by atoms with Crippen molar-refractivity contribution in [1.82, 2.24) is 0 Å². The molecule has 0 aliphatic rings. The fraction of sp³-hybridized carbons (Fsp3) is 0.278. The molecule has 0 fully saturated rings. The van der Waals surface area contributed by atoms with E-state index >= 15 is 0 Å². The number of methoxy groups -OCH3 is 2. The SMILES string of the molecule is COc1ccc(C(CN)Cc2ccc(C(=O)O)cc2)cc1OC. The maximum atomic E-state index is 10.9. The van der Waals surface area contributed by atoms with Crippen LogP contribution in [-0.4, -0.2) is 31.8 Å². The topological polar surface area (TPSA) is 81.8 Å². The number of hydrogen-bond donors (Lipinski definition) is 2. The van der Waals surface area contributed by atoms with E-state index in [1.807, 2.05) is 30.3 Å². The third-order valence-corrected chi connectivity index (χ3v) is 3.85. The number of rotatable bonds is 7. The van der Waals surface area contributed by atoms with E-state index in [1.165, 1.54) is 0 Å². The molecular weight excluding hydrogens is 294 g/mol. The Bertz CT molecular complexity index is 667. The molecule has 2 aromatic carbocycles. The molecule has 0 radical (unpaired) electrons. The molecule has 2 rings (SSSR count). The standard InChI is InChI=1S/C18H21NO4/c1-22-16-8-7-14(10-17(16)23-2)15(11-19)9-12-3-5-13(6-4-12)18(20)21/h3-8,10,15H,9,11,19H2,1-2H3,(H,20,21). The van der Waals surface area contributed by atoms with Crippen molar-refractivity contribution in [1.29, 1.82) is 0 Å². The smallest absolute Gasteiger partial charge is 0.335 e. The molecule has 0 heterocycles. The summed E-state index contributed by atoms with van der Waals surface area (Å²) in [6.45, 7) is 0.482. The van der Waals surface area contributed by atoms with Gasteiger partial charge >= 0.3 is 5.97 Å². The summed E-state index contributed by atoms with van der Waals surface area (Å²) in [5.41, 5.74) is 8.31. The van der Waals surface area contributed by atoms with Crippen LogP contribution in [0.5, 0.6) is 11.5 Å². The molecule has 0 amide bonds. The summed E-state index contributed by atoms with van der Waals surface area (Å²) >= 11 is 0. The summed E-state index contributed by atoms with van der Waals surface area (Å²) in [5.74, 6) is 0.541. The average molecular weight is 315 g/mol. The van der Waals surface area contributed by atoms with Gasteiger partial charge < -0.3 is 20.3 Å². The Morgan fingerprint density at radius 2 is 1.74 bits per heavy atom. The zero-order valence-electron chi connectivity index (χ0n) is 13.3. The van der Waals surface area contributed by atoms with E-state index in [2.05, 4.69) is 0 Å². The lowest BCUT2D eigenvalue weighted by Gasteiger charge is -2.17. The van der Waals surface area contributed by atoms with E-state index in [9.17, 15) is 4.79 Å².